The van der Waals surface area contributed by atoms with Crippen molar-refractivity contribution in [1.29, 1.82) is 0 Å². The number of fused-ring (bicyclic) bond motifs is 3. The Bertz CT molecular complexity index is 1480. The molecule has 172 valence electrons. The van der Waals surface area contributed by atoms with Gasteiger partial charge in [0.05, 0.1) is 11.4 Å². The number of rotatable bonds is 3. The standard InChI is InChI=1S/C26H20F3N3O2/c1-32(26(34)15-7-5-14(6-8-15)16-3-2-4-17(27)9-16)23-13-30-12-22-24(23)18-10-20(28)21(29)11-19(18)25(33)31-22/h2-11,23,30H,12-13H2,1H3,(H,31,33)/t23-/m1/s1. The first-order valence-electron chi connectivity index (χ1n) is 10.7. The molecule has 0 fully saturated rings. The average Bonchev–Trinajstić information content (AvgIpc) is 2.84. The van der Waals surface area contributed by atoms with E-state index in [0.29, 0.717) is 35.5 Å². The number of aromatic amines is 1. The van der Waals surface area contributed by atoms with Crippen LogP contribution in [0.1, 0.15) is 27.7 Å². The first-order chi connectivity index (χ1) is 16.3. The zero-order valence-electron chi connectivity index (χ0n) is 18.2. The average molecular weight is 463 g/mol. The summed E-state index contributed by atoms with van der Waals surface area (Å²) >= 11 is 0. The monoisotopic (exact) mass is 463 g/mol. The number of pyridine rings is 1. The quantitative estimate of drug-likeness (QED) is 0.469. The Morgan fingerprint density at radius 1 is 0.941 bits per heavy atom. The topological polar surface area (TPSA) is 65.2 Å². The second kappa shape index (κ2) is 8.46. The van der Waals surface area contributed by atoms with Crippen LogP contribution in [-0.2, 0) is 6.54 Å². The van der Waals surface area contributed by atoms with Gasteiger partial charge in [-0.1, -0.05) is 24.3 Å². The first kappa shape index (κ1) is 21.9. The lowest BCUT2D eigenvalue weighted by Gasteiger charge is -2.34. The predicted octanol–water partition coefficient (Wildman–Crippen LogP) is 4.53. The number of carbonyl (C=O) groups is 1. The summed E-state index contributed by atoms with van der Waals surface area (Å²) in [4.78, 5) is 30.0. The van der Waals surface area contributed by atoms with Gasteiger partial charge >= 0.3 is 0 Å². The molecule has 3 aromatic carbocycles. The van der Waals surface area contributed by atoms with Crippen LogP contribution in [0, 0.1) is 17.5 Å². The molecule has 0 aliphatic carbocycles. The summed E-state index contributed by atoms with van der Waals surface area (Å²) < 4.78 is 41.5. The van der Waals surface area contributed by atoms with E-state index in [9.17, 15) is 22.8 Å². The van der Waals surface area contributed by atoms with Crippen LogP contribution in [0.2, 0.25) is 0 Å². The van der Waals surface area contributed by atoms with Crippen LogP contribution in [-0.4, -0.2) is 29.4 Å². The van der Waals surface area contributed by atoms with E-state index in [4.69, 9.17) is 0 Å². The normalized spacial score (nSPS) is 15.2. The zero-order chi connectivity index (χ0) is 24.0. The van der Waals surface area contributed by atoms with E-state index >= 15 is 0 Å². The molecule has 0 radical (unpaired) electrons. The summed E-state index contributed by atoms with van der Waals surface area (Å²) in [6.45, 7) is 0.705. The van der Waals surface area contributed by atoms with Crippen LogP contribution in [0.4, 0.5) is 13.2 Å². The molecule has 5 nitrogen and oxygen atoms in total. The third-order valence-corrected chi connectivity index (χ3v) is 6.24. The van der Waals surface area contributed by atoms with Crippen molar-refractivity contribution in [3.05, 3.63) is 105 Å². The number of hydrogen-bond donors (Lipinski definition) is 2. The summed E-state index contributed by atoms with van der Waals surface area (Å²) in [5, 5.41) is 3.48. The smallest absolute Gasteiger partial charge is 0.256 e. The minimum Gasteiger partial charge on any atom is -0.333 e. The number of halogens is 3. The summed E-state index contributed by atoms with van der Waals surface area (Å²) in [7, 11) is 1.63. The van der Waals surface area contributed by atoms with E-state index < -0.39 is 23.2 Å². The lowest BCUT2D eigenvalue weighted by molar-refractivity contribution is 0.0723. The zero-order valence-corrected chi connectivity index (χ0v) is 18.2. The van der Waals surface area contributed by atoms with Gasteiger partial charge in [-0.2, -0.15) is 0 Å². The second-order valence-corrected chi connectivity index (χ2v) is 8.31. The number of nitrogens with one attached hydrogen (secondary N) is 2. The number of likely N-dealkylation sites (N-methyl/N-ethyl adjacent to an activating group) is 1. The Balaban J connectivity index is 1.51. The number of benzene rings is 3. The van der Waals surface area contributed by atoms with Gasteiger partial charge in [-0.15, -0.1) is 0 Å². The van der Waals surface area contributed by atoms with Gasteiger partial charge in [0.25, 0.3) is 11.5 Å². The van der Waals surface area contributed by atoms with Gasteiger partial charge in [0.2, 0.25) is 0 Å². The first-order valence-corrected chi connectivity index (χ1v) is 10.7. The lowest BCUT2D eigenvalue weighted by atomic mass is 9.93. The fraction of sp³-hybridized carbons (Fsp3) is 0.154. The molecule has 0 saturated carbocycles. The Kier molecular flexibility index (Phi) is 5.45. The van der Waals surface area contributed by atoms with Crippen LogP contribution in [0.25, 0.3) is 21.9 Å². The number of nitrogens with zero attached hydrogens (tertiary/aromatic N) is 1. The largest absolute Gasteiger partial charge is 0.333 e. The lowest BCUT2D eigenvalue weighted by Crippen LogP contribution is -2.42. The maximum atomic E-state index is 14.1. The highest BCUT2D eigenvalue weighted by Gasteiger charge is 2.30. The number of amides is 1. The van der Waals surface area contributed by atoms with Gasteiger partial charge in [-0.05, 0) is 52.9 Å². The number of aromatic nitrogens is 1. The van der Waals surface area contributed by atoms with E-state index in [1.165, 1.54) is 17.0 Å². The van der Waals surface area contributed by atoms with Crippen molar-refractivity contribution in [2.45, 2.75) is 12.6 Å². The molecule has 0 spiro atoms. The third-order valence-electron chi connectivity index (χ3n) is 6.24. The summed E-state index contributed by atoms with van der Waals surface area (Å²) in [6, 6.07) is 14.4. The fourth-order valence-electron chi connectivity index (χ4n) is 4.50. The molecular formula is C26H20F3N3O2. The van der Waals surface area contributed by atoms with Crippen molar-refractivity contribution in [3.8, 4) is 11.1 Å². The molecule has 1 aromatic heterocycles. The van der Waals surface area contributed by atoms with Gasteiger partial charge in [0.15, 0.2) is 11.6 Å². The maximum Gasteiger partial charge on any atom is 0.256 e. The predicted molar refractivity (Wildman–Crippen MR) is 123 cm³/mol. The van der Waals surface area contributed by atoms with Gasteiger partial charge in [0.1, 0.15) is 5.82 Å². The van der Waals surface area contributed by atoms with Crippen LogP contribution >= 0.6 is 0 Å². The van der Waals surface area contributed by atoms with Gasteiger partial charge in [-0.25, -0.2) is 13.2 Å². The molecule has 5 rings (SSSR count). The highest BCUT2D eigenvalue weighted by molar-refractivity contribution is 5.95. The number of hydrogen-bond acceptors (Lipinski definition) is 3. The maximum absolute atomic E-state index is 14.1. The van der Waals surface area contributed by atoms with Crippen LogP contribution in [0.3, 0.4) is 0 Å². The van der Waals surface area contributed by atoms with Crippen LogP contribution in [0.15, 0.2) is 65.5 Å². The SMILES string of the molecule is CN(C(=O)c1ccc(-c2cccc(F)c2)cc1)[C@@H]1CNCc2[nH]c(=O)c3cc(F)c(F)cc3c21. The highest BCUT2D eigenvalue weighted by atomic mass is 19.2. The van der Waals surface area contributed by atoms with Crippen molar-refractivity contribution in [2.24, 2.45) is 0 Å². The minimum absolute atomic E-state index is 0.0323. The van der Waals surface area contributed by atoms with Gasteiger partial charge < -0.3 is 15.2 Å². The van der Waals surface area contributed by atoms with E-state index in [0.717, 1.165) is 17.7 Å². The molecule has 0 saturated heterocycles. The van der Waals surface area contributed by atoms with E-state index in [1.54, 1.807) is 43.4 Å². The molecule has 0 bridgehead atoms. The molecule has 34 heavy (non-hydrogen) atoms. The van der Waals surface area contributed by atoms with Crippen molar-refractivity contribution in [1.82, 2.24) is 15.2 Å². The van der Waals surface area contributed by atoms with Crippen molar-refractivity contribution >= 4 is 16.7 Å². The molecule has 8 heteroatoms. The van der Waals surface area contributed by atoms with Crippen LogP contribution in [0.5, 0.6) is 0 Å². The molecule has 2 N–H and O–H groups in total. The van der Waals surface area contributed by atoms with E-state index in [1.807, 2.05) is 0 Å². The Labute approximate surface area is 192 Å². The molecule has 4 aromatic rings. The van der Waals surface area contributed by atoms with Gasteiger partial charge in [-0.3, -0.25) is 9.59 Å². The minimum atomic E-state index is -1.11. The Morgan fingerprint density at radius 2 is 1.65 bits per heavy atom. The van der Waals surface area contributed by atoms with E-state index in [2.05, 4.69) is 10.3 Å². The summed E-state index contributed by atoms with van der Waals surface area (Å²) in [5.41, 5.74) is 2.48. The molecule has 1 aliphatic rings. The number of H-pyrrole nitrogens is 1. The van der Waals surface area contributed by atoms with Crippen LogP contribution < -0.4 is 10.9 Å². The number of carbonyl (C=O) groups excluding carboxylic acids is 1. The molecule has 1 amide bonds. The summed E-state index contributed by atoms with van der Waals surface area (Å²) in [5.74, 6) is -2.79. The second-order valence-electron chi connectivity index (χ2n) is 8.31. The molecule has 0 unspecified atom stereocenters. The third kappa shape index (κ3) is 3.76. The van der Waals surface area contributed by atoms with Gasteiger partial charge in [0, 0.05) is 37.0 Å². The Hall–Kier alpha value is -3.91. The van der Waals surface area contributed by atoms with Crippen molar-refractivity contribution in [2.75, 3.05) is 13.6 Å². The Morgan fingerprint density at radius 3 is 2.35 bits per heavy atom. The van der Waals surface area contributed by atoms with Crippen molar-refractivity contribution < 1.29 is 18.0 Å². The van der Waals surface area contributed by atoms with Crippen molar-refractivity contribution in [3.63, 3.8) is 0 Å². The molecule has 1 atom stereocenters. The summed E-state index contributed by atoms with van der Waals surface area (Å²) in [6.07, 6.45) is 0. The fourth-order valence-corrected chi connectivity index (χ4v) is 4.50. The molecule has 1 aliphatic heterocycles. The van der Waals surface area contributed by atoms with E-state index in [-0.39, 0.29) is 22.5 Å². The molecular weight excluding hydrogens is 443 g/mol. The molecule has 2 heterocycles. The highest BCUT2D eigenvalue weighted by Crippen LogP contribution is 2.33.